The average molecular weight is 309 g/mol. The van der Waals surface area contributed by atoms with Gasteiger partial charge in [0.25, 0.3) is 5.91 Å². The van der Waals surface area contributed by atoms with Gasteiger partial charge in [-0.3, -0.25) is 4.79 Å². The van der Waals surface area contributed by atoms with Crippen LogP contribution in [-0.2, 0) is 0 Å². The molecule has 1 aromatic rings. The topological polar surface area (TPSA) is 74.5 Å². The van der Waals surface area contributed by atoms with Gasteiger partial charge in [-0.15, -0.1) is 0 Å². The molecule has 1 saturated heterocycles. The molecular formula is C14H23N5OS. The molecule has 2 heterocycles. The number of hydrogen-bond donors (Lipinski definition) is 2. The maximum absolute atomic E-state index is 12.3. The van der Waals surface area contributed by atoms with Gasteiger partial charge in [-0.1, -0.05) is 11.3 Å². The lowest BCUT2D eigenvalue weighted by Crippen LogP contribution is -2.44. The zero-order valence-corrected chi connectivity index (χ0v) is 13.4. The van der Waals surface area contributed by atoms with E-state index in [2.05, 4.69) is 34.1 Å². The molecule has 116 valence electrons. The van der Waals surface area contributed by atoms with Gasteiger partial charge in [-0.05, 0) is 32.7 Å². The summed E-state index contributed by atoms with van der Waals surface area (Å²) in [5, 5.41) is 3.91. The van der Waals surface area contributed by atoms with E-state index in [0.717, 1.165) is 31.3 Å². The van der Waals surface area contributed by atoms with E-state index >= 15 is 0 Å². The fourth-order valence-electron chi connectivity index (χ4n) is 2.60. The van der Waals surface area contributed by atoms with Gasteiger partial charge in [-0.2, -0.15) is 0 Å². The molecule has 3 N–H and O–H groups in total. The van der Waals surface area contributed by atoms with E-state index in [-0.39, 0.29) is 11.9 Å². The van der Waals surface area contributed by atoms with Crippen LogP contribution in [0.1, 0.15) is 29.4 Å². The number of thiazole rings is 1. The lowest BCUT2D eigenvalue weighted by molar-refractivity contribution is 0.0940. The average Bonchev–Trinajstić information content (AvgIpc) is 3.23. The highest BCUT2D eigenvalue weighted by atomic mass is 32.1. The summed E-state index contributed by atoms with van der Waals surface area (Å²) in [5.41, 5.74) is 5.95. The Balaban J connectivity index is 1.67. The molecule has 1 aliphatic carbocycles. The molecule has 2 fully saturated rings. The third kappa shape index (κ3) is 3.29. The van der Waals surface area contributed by atoms with E-state index in [0.29, 0.717) is 16.6 Å². The van der Waals surface area contributed by atoms with Crippen molar-refractivity contribution in [2.45, 2.75) is 25.8 Å². The highest BCUT2D eigenvalue weighted by Gasteiger charge is 2.30. The molecule has 7 heteroatoms. The molecular weight excluding hydrogens is 286 g/mol. The number of nitrogens with one attached hydrogen (secondary N) is 1. The maximum atomic E-state index is 12.3. The van der Waals surface area contributed by atoms with Gasteiger partial charge >= 0.3 is 0 Å². The molecule has 6 nitrogen and oxygen atoms in total. The summed E-state index contributed by atoms with van der Waals surface area (Å²) < 4.78 is 0. The predicted octanol–water partition coefficient (Wildman–Crippen LogP) is 1.01. The number of nitrogen functional groups attached to an aromatic ring is 1. The first-order chi connectivity index (χ1) is 10.0. The standard InChI is InChI=1S/C14H23N5OS/c1-9(10-3-4-10)16-13(20)11-12(15)17-14(21-11)19-7-5-18(2)6-8-19/h9-10H,3-8,15H2,1-2H3,(H,16,20). The van der Waals surface area contributed by atoms with Crippen LogP contribution in [0, 0.1) is 5.92 Å². The molecule has 0 radical (unpaired) electrons. The normalized spacial score (nSPS) is 21.3. The lowest BCUT2D eigenvalue weighted by atomic mass is 10.2. The summed E-state index contributed by atoms with van der Waals surface area (Å²) in [6, 6.07) is 0.228. The molecule has 2 aliphatic rings. The molecule has 1 aromatic heterocycles. The van der Waals surface area contributed by atoms with Crippen molar-refractivity contribution < 1.29 is 4.79 Å². The van der Waals surface area contributed by atoms with Crippen LogP contribution in [0.4, 0.5) is 10.9 Å². The summed E-state index contributed by atoms with van der Waals surface area (Å²) in [4.78, 5) is 21.8. The predicted molar refractivity (Wildman–Crippen MR) is 85.9 cm³/mol. The van der Waals surface area contributed by atoms with Crippen LogP contribution in [0.25, 0.3) is 0 Å². The monoisotopic (exact) mass is 309 g/mol. The van der Waals surface area contributed by atoms with E-state index < -0.39 is 0 Å². The Labute approximate surface area is 129 Å². The highest BCUT2D eigenvalue weighted by Crippen LogP contribution is 2.33. The minimum absolute atomic E-state index is 0.0789. The third-order valence-corrected chi connectivity index (χ3v) is 5.44. The third-order valence-electron chi connectivity index (χ3n) is 4.31. The van der Waals surface area contributed by atoms with Crippen LogP contribution < -0.4 is 16.0 Å². The van der Waals surface area contributed by atoms with Gasteiger partial charge in [-0.25, -0.2) is 4.98 Å². The maximum Gasteiger partial charge on any atom is 0.265 e. The molecule has 1 saturated carbocycles. The first-order valence-corrected chi connectivity index (χ1v) is 8.37. The van der Waals surface area contributed by atoms with Gasteiger partial charge < -0.3 is 20.9 Å². The number of anilines is 2. The number of nitrogens with two attached hydrogens (primary N) is 1. The Hall–Kier alpha value is -1.34. The van der Waals surface area contributed by atoms with Crippen LogP contribution in [0.15, 0.2) is 0 Å². The first-order valence-electron chi connectivity index (χ1n) is 7.55. The van der Waals surface area contributed by atoms with Gasteiger partial charge in [0.1, 0.15) is 10.7 Å². The van der Waals surface area contributed by atoms with Crippen molar-refractivity contribution in [2.75, 3.05) is 43.9 Å². The van der Waals surface area contributed by atoms with Gasteiger partial charge in [0.15, 0.2) is 5.13 Å². The molecule has 1 atom stereocenters. The van der Waals surface area contributed by atoms with Crippen LogP contribution in [0.2, 0.25) is 0 Å². The fourth-order valence-corrected chi connectivity index (χ4v) is 3.54. The first kappa shape index (κ1) is 14.6. The summed E-state index contributed by atoms with van der Waals surface area (Å²) in [7, 11) is 2.12. The smallest absolute Gasteiger partial charge is 0.265 e. The molecule has 21 heavy (non-hydrogen) atoms. The molecule has 3 rings (SSSR count). The van der Waals surface area contributed by atoms with Crippen LogP contribution in [0.3, 0.4) is 0 Å². The van der Waals surface area contributed by atoms with Crippen molar-refractivity contribution in [3.05, 3.63) is 4.88 Å². The number of likely N-dealkylation sites (N-methyl/N-ethyl adjacent to an activating group) is 1. The van der Waals surface area contributed by atoms with Crippen molar-refractivity contribution in [3.63, 3.8) is 0 Å². The van der Waals surface area contributed by atoms with Gasteiger partial charge in [0.2, 0.25) is 0 Å². The van der Waals surface area contributed by atoms with Crippen molar-refractivity contribution in [3.8, 4) is 0 Å². The Morgan fingerprint density at radius 2 is 2.05 bits per heavy atom. The van der Waals surface area contributed by atoms with Crippen molar-refractivity contribution in [2.24, 2.45) is 5.92 Å². The number of carbonyl (C=O) groups is 1. The minimum atomic E-state index is -0.0789. The zero-order valence-electron chi connectivity index (χ0n) is 12.6. The summed E-state index contributed by atoms with van der Waals surface area (Å²) in [5.74, 6) is 0.916. The van der Waals surface area contributed by atoms with E-state index in [1.165, 1.54) is 24.2 Å². The zero-order chi connectivity index (χ0) is 15.0. The number of hydrogen-bond acceptors (Lipinski definition) is 6. The molecule has 0 spiro atoms. The molecule has 0 aromatic carbocycles. The fraction of sp³-hybridized carbons (Fsp3) is 0.714. The van der Waals surface area contributed by atoms with E-state index in [9.17, 15) is 4.79 Å². The molecule has 1 unspecified atom stereocenters. The Kier molecular flexibility index (Phi) is 4.03. The molecule has 1 amide bonds. The number of amides is 1. The van der Waals surface area contributed by atoms with Crippen molar-refractivity contribution >= 4 is 28.2 Å². The van der Waals surface area contributed by atoms with Gasteiger partial charge in [0, 0.05) is 32.2 Å². The van der Waals surface area contributed by atoms with E-state index in [4.69, 9.17) is 5.73 Å². The second kappa shape index (κ2) is 5.81. The SMILES string of the molecule is CC(NC(=O)c1sc(N2CCN(C)CC2)nc1N)C1CC1. The summed E-state index contributed by atoms with van der Waals surface area (Å²) in [6.45, 7) is 5.96. The number of carbonyl (C=O) groups excluding carboxylic acids is 1. The largest absolute Gasteiger partial charge is 0.382 e. The number of aromatic nitrogens is 1. The van der Waals surface area contributed by atoms with E-state index in [1.807, 2.05) is 0 Å². The van der Waals surface area contributed by atoms with Gasteiger partial charge in [0.05, 0.1) is 0 Å². The van der Waals surface area contributed by atoms with E-state index in [1.54, 1.807) is 0 Å². The Bertz CT molecular complexity index is 519. The Morgan fingerprint density at radius 1 is 1.38 bits per heavy atom. The second-order valence-electron chi connectivity index (χ2n) is 6.10. The van der Waals surface area contributed by atoms with Crippen molar-refractivity contribution in [1.82, 2.24) is 15.2 Å². The molecule has 1 aliphatic heterocycles. The van der Waals surface area contributed by atoms with Crippen LogP contribution >= 0.6 is 11.3 Å². The Morgan fingerprint density at radius 3 is 2.67 bits per heavy atom. The van der Waals surface area contributed by atoms with Crippen LogP contribution in [-0.4, -0.2) is 55.1 Å². The second-order valence-corrected chi connectivity index (χ2v) is 7.08. The summed E-state index contributed by atoms with van der Waals surface area (Å²) in [6.07, 6.45) is 2.43. The lowest BCUT2D eigenvalue weighted by Gasteiger charge is -2.31. The number of piperazine rings is 1. The highest BCUT2D eigenvalue weighted by molar-refractivity contribution is 7.18. The number of nitrogens with zero attached hydrogens (tertiary/aromatic N) is 3. The molecule has 0 bridgehead atoms. The number of rotatable bonds is 4. The van der Waals surface area contributed by atoms with Crippen LogP contribution in [0.5, 0.6) is 0 Å². The van der Waals surface area contributed by atoms with Crippen molar-refractivity contribution in [1.29, 1.82) is 0 Å². The summed E-state index contributed by atoms with van der Waals surface area (Å²) >= 11 is 1.41. The minimum Gasteiger partial charge on any atom is -0.382 e. The quantitative estimate of drug-likeness (QED) is 0.868.